The zero-order valence-electron chi connectivity index (χ0n) is 12.1. The standard InChI is InChI=1S/4C2H4O2.C2H4.Fe.Na/c4*1-2(3)4;1-2;;/h4*1H3,(H,3,4);1-2H2;;/q;;;;;+2;+1/p-3. The van der Waals surface area contributed by atoms with Gasteiger partial charge in [0.1, 0.15) is 0 Å². The fourth-order valence-electron chi connectivity index (χ4n) is 0. The molecule has 0 fully saturated rings. The van der Waals surface area contributed by atoms with Gasteiger partial charge in [-0.05, 0) is 20.8 Å². The smallest absolute Gasteiger partial charge is 0.550 e. The molecule has 114 valence electrons. The van der Waals surface area contributed by atoms with E-state index in [9.17, 15) is 0 Å². The molecule has 0 aromatic rings. The summed E-state index contributed by atoms with van der Waals surface area (Å²) in [5.74, 6) is -4.08. The molecular weight excluding hydrogens is 327 g/mol. The minimum atomic E-state index is -1.08. The van der Waals surface area contributed by atoms with E-state index < -0.39 is 23.9 Å². The summed E-state index contributed by atoms with van der Waals surface area (Å²) in [6.45, 7) is 10.00. The monoisotopic (exact) mass is 344 g/mol. The number of hydrogen-bond acceptors (Lipinski definition) is 7. The molecule has 0 saturated heterocycles. The first-order valence-electron chi connectivity index (χ1n) is 4.15. The van der Waals surface area contributed by atoms with Crippen molar-refractivity contribution in [2.24, 2.45) is 0 Å². The summed E-state index contributed by atoms with van der Waals surface area (Å²) in [5.41, 5.74) is 0. The zero-order valence-corrected chi connectivity index (χ0v) is 15.2. The fraction of sp³-hybridized carbons (Fsp3) is 0.400. The number of carboxylic acids is 4. The second-order valence-electron chi connectivity index (χ2n) is 1.99. The molecule has 0 rings (SSSR count). The van der Waals surface area contributed by atoms with Gasteiger partial charge in [0.2, 0.25) is 0 Å². The van der Waals surface area contributed by atoms with Gasteiger partial charge in [0, 0.05) is 24.8 Å². The van der Waals surface area contributed by atoms with Crippen LogP contribution in [-0.2, 0) is 36.2 Å². The topological polar surface area (TPSA) is 158 Å². The first-order chi connectivity index (χ1) is 7.93. The Balaban J connectivity index is -0.0000000209. The van der Waals surface area contributed by atoms with E-state index in [4.69, 9.17) is 39.6 Å². The minimum absolute atomic E-state index is 0. The van der Waals surface area contributed by atoms with Gasteiger partial charge in [-0.25, -0.2) is 0 Å². The van der Waals surface area contributed by atoms with Crippen LogP contribution in [-0.4, -0.2) is 29.0 Å². The summed E-state index contributed by atoms with van der Waals surface area (Å²) in [4.78, 5) is 35.7. The van der Waals surface area contributed by atoms with Crippen LogP contribution in [0.15, 0.2) is 13.2 Å². The van der Waals surface area contributed by atoms with Gasteiger partial charge in [0.15, 0.2) is 0 Å². The van der Waals surface area contributed by atoms with E-state index >= 15 is 0 Å². The molecule has 0 aromatic carbocycles. The van der Waals surface area contributed by atoms with E-state index in [-0.39, 0.29) is 46.6 Å². The average Bonchev–Trinajstić information content (AvgIpc) is 2.01. The molecule has 0 spiro atoms. The van der Waals surface area contributed by atoms with Crippen molar-refractivity contribution in [1.29, 1.82) is 0 Å². The van der Waals surface area contributed by atoms with Gasteiger partial charge in [-0.15, -0.1) is 13.2 Å². The van der Waals surface area contributed by atoms with E-state index in [1.54, 1.807) is 0 Å². The molecule has 0 aliphatic carbocycles. The van der Waals surface area contributed by atoms with Crippen LogP contribution < -0.4 is 44.9 Å². The summed E-state index contributed by atoms with van der Waals surface area (Å²) < 4.78 is 0. The third kappa shape index (κ3) is 6030. The van der Waals surface area contributed by atoms with Crippen molar-refractivity contribution in [3.8, 4) is 0 Å². The summed E-state index contributed by atoms with van der Waals surface area (Å²) in [5, 5.41) is 34.1. The molecular formula is C10H17FeNaO8. The second kappa shape index (κ2) is 42.9. The van der Waals surface area contributed by atoms with Crippen LogP contribution in [0.2, 0.25) is 0 Å². The largest absolute Gasteiger partial charge is 2.00 e. The summed E-state index contributed by atoms with van der Waals surface area (Å²) in [6.07, 6.45) is 0. The summed E-state index contributed by atoms with van der Waals surface area (Å²) in [7, 11) is 0. The first kappa shape index (κ1) is 42.7. The Morgan fingerprint density at radius 3 is 0.750 bits per heavy atom. The van der Waals surface area contributed by atoms with Crippen molar-refractivity contribution in [2.75, 3.05) is 0 Å². The van der Waals surface area contributed by atoms with Crippen molar-refractivity contribution in [3.05, 3.63) is 13.2 Å². The number of aliphatic carboxylic acids is 4. The van der Waals surface area contributed by atoms with Crippen LogP contribution in [0.4, 0.5) is 0 Å². The third-order valence-electron chi connectivity index (χ3n) is 0. The normalized spacial score (nSPS) is 5.20. The molecule has 0 heterocycles. The minimum Gasteiger partial charge on any atom is -0.550 e. The molecule has 0 bridgehead atoms. The van der Waals surface area contributed by atoms with Crippen LogP contribution in [0.25, 0.3) is 0 Å². The number of hydrogen-bond donors (Lipinski definition) is 1. The molecule has 0 unspecified atom stereocenters. The molecule has 8 nitrogen and oxygen atoms in total. The molecule has 0 radical (unpaired) electrons. The predicted molar refractivity (Wildman–Crippen MR) is 56.6 cm³/mol. The molecule has 0 aromatic heterocycles. The van der Waals surface area contributed by atoms with E-state index in [0.717, 1.165) is 27.7 Å². The van der Waals surface area contributed by atoms with E-state index in [0.29, 0.717) is 0 Å². The predicted octanol–water partition coefficient (Wildman–Crippen LogP) is -5.84. The van der Waals surface area contributed by atoms with E-state index in [2.05, 4.69) is 13.2 Å². The van der Waals surface area contributed by atoms with E-state index in [1.165, 1.54) is 0 Å². The van der Waals surface area contributed by atoms with Crippen LogP contribution in [0, 0.1) is 0 Å². The Kier molecular flexibility index (Phi) is 91.8. The summed E-state index contributed by atoms with van der Waals surface area (Å²) in [6, 6.07) is 0. The van der Waals surface area contributed by atoms with Gasteiger partial charge in [-0.1, -0.05) is 0 Å². The van der Waals surface area contributed by atoms with Crippen LogP contribution in [0.5, 0.6) is 0 Å². The Morgan fingerprint density at radius 1 is 0.750 bits per heavy atom. The SMILES string of the molecule is C=C.CC(=O)O.CC(=O)[O-].CC(=O)[O-].CC(=O)[O-].[Fe+2].[Na+]. The van der Waals surface area contributed by atoms with Crippen LogP contribution in [0.1, 0.15) is 27.7 Å². The third-order valence-corrected chi connectivity index (χ3v) is 0. The van der Waals surface area contributed by atoms with Gasteiger partial charge in [0.25, 0.3) is 5.97 Å². The van der Waals surface area contributed by atoms with Crippen molar-refractivity contribution in [3.63, 3.8) is 0 Å². The molecule has 0 saturated carbocycles. The van der Waals surface area contributed by atoms with Gasteiger partial charge >= 0.3 is 46.6 Å². The molecule has 0 aliphatic rings. The Labute approximate surface area is 150 Å². The number of rotatable bonds is 0. The quantitative estimate of drug-likeness (QED) is 0.336. The molecule has 0 amide bonds. The van der Waals surface area contributed by atoms with Gasteiger partial charge in [0.05, 0.1) is 0 Å². The maximum absolute atomic E-state index is 9.00. The molecule has 1 N–H and O–H groups in total. The van der Waals surface area contributed by atoms with Crippen molar-refractivity contribution in [2.45, 2.75) is 27.7 Å². The van der Waals surface area contributed by atoms with Gasteiger partial charge < -0.3 is 34.8 Å². The summed E-state index contributed by atoms with van der Waals surface area (Å²) >= 11 is 0. The number of carbonyl (C=O) groups excluding carboxylic acids is 3. The zero-order chi connectivity index (χ0) is 16.3. The maximum atomic E-state index is 9.00. The Bertz CT molecular complexity index is 181. The van der Waals surface area contributed by atoms with Gasteiger partial charge in [-0.3, -0.25) is 4.79 Å². The Morgan fingerprint density at radius 2 is 0.750 bits per heavy atom. The van der Waals surface area contributed by atoms with E-state index in [1.807, 2.05) is 0 Å². The van der Waals surface area contributed by atoms with Crippen molar-refractivity contribution < 1.29 is 86.2 Å². The Hall–Kier alpha value is -0.861. The number of carbonyl (C=O) groups is 4. The van der Waals surface area contributed by atoms with Gasteiger partial charge in [-0.2, -0.15) is 0 Å². The maximum Gasteiger partial charge on any atom is 2.00 e. The number of carboxylic acid groups (broad SMARTS) is 4. The molecule has 0 atom stereocenters. The van der Waals surface area contributed by atoms with Crippen molar-refractivity contribution >= 4 is 23.9 Å². The van der Waals surface area contributed by atoms with Crippen molar-refractivity contribution in [1.82, 2.24) is 0 Å². The van der Waals surface area contributed by atoms with Crippen LogP contribution in [0.3, 0.4) is 0 Å². The second-order valence-corrected chi connectivity index (χ2v) is 1.99. The molecule has 10 heteroatoms. The first-order valence-corrected chi connectivity index (χ1v) is 4.15. The average molecular weight is 344 g/mol. The fourth-order valence-corrected chi connectivity index (χ4v) is 0. The molecule has 0 aliphatic heterocycles. The molecule has 20 heavy (non-hydrogen) atoms. The van der Waals surface area contributed by atoms with Crippen LogP contribution >= 0.6 is 0 Å².